The molecule has 0 spiro atoms. The molecule has 2 rings (SSSR count). The molecule has 0 aliphatic heterocycles. The molecule has 0 aliphatic carbocycles. The van der Waals surface area contributed by atoms with Gasteiger partial charge in [-0.15, -0.1) is 0 Å². The Balaban J connectivity index is 1.99. The number of rotatable bonds is 6. The minimum absolute atomic E-state index is 0.128. The fraction of sp³-hybridized carbons (Fsp3) is 0.333. The van der Waals surface area contributed by atoms with Gasteiger partial charge in [0.25, 0.3) is 5.91 Å². The predicted octanol–water partition coefficient (Wildman–Crippen LogP) is 3.79. The van der Waals surface area contributed by atoms with E-state index in [1.807, 2.05) is 45.0 Å². The van der Waals surface area contributed by atoms with Crippen molar-refractivity contribution in [2.75, 3.05) is 12.4 Å². The monoisotopic (exact) mass is 354 g/mol. The molecular weight excluding hydrogens is 328 g/mol. The summed E-state index contributed by atoms with van der Waals surface area (Å²) in [6.07, 6.45) is 0.952. The third-order valence-electron chi connectivity index (χ3n) is 3.73. The maximum atomic E-state index is 12.4. The van der Waals surface area contributed by atoms with Gasteiger partial charge in [-0.25, -0.2) is 0 Å². The molecule has 0 saturated carbocycles. The molecule has 2 aromatic carbocycles. The van der Waals surface area contributed by atoms with E-state index in [0.717, 1.165) is 11.3 Å². The van der Waals surface area contributed by atoms with Crippen LogP contribution < -0.4 is 15.4 Å². The second-order valence-electron chi connectivity index (χ2n) is 7.15. The molecule has 2 N–H and O–H groups in total. The minimum atomic E-state index is -0.345. The van der Waals surface area contributed by atoms with E-state index in [1.165, 1.54) is 0 Å². The maximum absolute atomic E-state index is 12.4. The first-order chi connectivity index (χ1) is 12.3. The number of anilines is 1. The zero-order chi connectivity index (χ0) is 19.2. The normalized spacial score (nSPS) is 10.9. The molecule has 138 valence electrons. The highest BCUT2D eigenvalue weighted by Crippen LogP contribution is 2.17. The lowest BCUT2D eigenvalue weighted by Gasteiger charge is -2.21. The first-order valence-corrected chi connectivity index (χ1v) is 8.63. The summed E-state index contributed by atoms with van der Waals surface area (Å²) in [6.45, 7) is 5.75. The Morgan fingerprint density at radius 2 is 1.65 bits per heavy atom. The number of ether oxygens (including phenoxy) is 1. The summed E-state index contributed by atoms with van der Waals surface area (Å²) < 4.78 is 5.13. The predicted molar refractivity (Wildman–Crippen MR) is 104 cm³/mol. The van der Waals surface area contributed by atoms with Gasteiger partial charge in [0.1, 0.15) is 5.75 Å². The molecule has 0 unspecified atom stereocenters. The number of benzene rings is 2. The van der Waals surface area contributed by atoms with E-state index in [9.17, 15) is 9.59 Å². The zero-order valence-corrected chi connectivity index (χ0v) is 15.8. The molecule has 0 aromatic heterocycles. The summed E-state index contributed by atoms with van der Waals surface area (Å²) in [6, 6.07) is 14.7. The standard InChI is InChI=1S/C21H26N2O3/c1-21(2,3)23-20(25)17-7-5-6-8-18(17)22-19(24)14-11-15-9-12-16(26-4)13-10-15/h5-10,12-13H,11,14H2,1-4H3,(H,22,24)(H,23,25). The average molecular weight is 354 g/mol. The number of carbonyl (C=O) groups is 2. The number of carbonyl (C=O) groups excluding carboxylic acids is 2. The van der Waals surface area contributed by atoms with E-state index in [1.54, 1.807) is 31.4 Å². The molecule has 0 radical (unpaired) electrons. The number of methoxy groups -OCH3 is 1. The van der Waals surface area contributed by atoms with Gasteiger partial charge in [-0.1, -0.05) is 24.3 Å². The maximum Gasteiger partial charge on any atom is 0.253 e. The summed E-state index contributed by atoms with van der Waals surface area (Å²) in [5.41, 5.74) is 1.69. The van der Waals surface area contributed by atoms with E-state index >= 15 is 0 Å². The van der Waals surface area contributed by atoms with Crippen LogP contribution in [0.2, 0.25) is 0 Å². The summed E-state index contributed by atoms with van der Waals surface area (Å²) in [7, 11) is 1.62. The number of hydrogen-bond acceptors (Lipinski definition) is 3. The Morgan fingerprint density at radius 1 is 1.00 bits per heavy atom. The van der Waals surface area contributed by atoms with Crippen molar-refractivity contribution in [2.45, 2.75) is 39.2 Å². The molecule has 0 atom stereocenters. The van der Waals surface area contributed by atoms with Gasteiger partial charge in [0.05, 0.1) is 18.4 Å². The largest absolute Gasteiger partial charge is 0.497 e. The second-order valence-corrected chi connectivity index (χ2v) is 7.15. The van der Waals surface area contributed by atoms with Crippen molar-refractivity contribution < 1.29 is 14.3 Å². The van der Waals surface area contributed by atoms with Crippen LogP contribution in [-0.4, -0.2) is 24.5 Å². The Morgan fingerprint density at radius 3 is 2.27 bits per heavy atom. The van der Waals surface area contributed by atoms with Crippen molar-refractivity contribution in [1.29, 1.82) is 0 Å². The molecular formula is C21H26N2O3. The zero-order valence-electron chi connectivity index (χ0n) is 15.8. The minimum Gasteiger partial charge on any atom is -0.497 e. The van der Waals surface area contributed by atoms with Crippen LogP contribution in [0.5, 0.6) is 5.75 Å². The summed E-state index contributed by atoms with van der Waals surface area (Å²) in [5, 5.41) is 5.76. The summed E-state index contributed by atoms with van der Waals surface area (Å²) >= 11 is 0. The number of amides is 2. The average Bonchev–Trinajstić information content (AvgIpc) is 2.59. The number of para-hydroxylation sites is 1. The van der Waals surface area contributed by atoms with Gasteiger partial charge in [-0.2, -0.15) is 0 Å². The fourth-order valence-corrected chi connectivity index (χ4v) is 2.46. The van der Waals surface area contributed by atoms with Crippen LogP contribution in [0, 0.1) is 0 Å². The molecule has 5 nitrogen and oxygen atoms in total. The van der Waals surface area contributed by atoms with Crippen molar-refractivity contribution in [3.8, 4) is 5.75 Å². The smallest absolute Gasteiger partial charge is 0.253 e. The molecule has 0 saturated heterocycles. The SMILES string of the molecule is COc1ccc(CCC(=O)Nc2ccccc2C(=O)NC(C)(C)C)cc1. The van der Waals surface area contributed by atoms with Crippen molar-refractivity contribution in [2.24, 2.45) is 0 Å². The second kappa shape index (κ2) is 8.52. The molecule has 0 heterocycles. The molecule has 2 amide bonds. The van der Waals surface area contributed by atoms with Gasteiger partial charge in [0, 0.05) is 12.0 Å². The van der Waals surface area contributed by atoms with Gasteiger partial charge in [-0.05, 0) is 57.0 Å². The van der Waals surface area contributed by atoms with Crippen LogP contribution >= 0.6 is 0 Å². The third kappa shape index (κ3) is 5.92. The van der Waals surface area contributed by atoms with Gasteiger partial charge in [0.2, 0.25) is 5.91 Å². The van der Waals surface area contributed by atoms with E-state index in [0.29, 0.717) is 24.1 Å². The van der Waals surface area contributed by atoms with Crippen LogP contribution in [0.25, 0.3) is 0 Å². The van der Waals surface area contributed by atoms with Gasteiger partial charge < -0.3 is 15.4 Å². The van der Waals surface area contributed by atoms with Gasteiger partial charge in [-0.3, -0.25) is 9.59 Å². The molecule has 0 bridgehead atoms. The van der Waals surface area contributed by atoms with Crippen molar-refractivity contribution >= 4 is 17.5 Å². The van der Waals surface area contributed by atoms with E-state index in [-0.39, 0.29) is 17.4 Å². The number of aryl methyl sites for hydroxylation is 1. The third-order valence-corrected chi connectivity index (χ3v) is 3.73. The Hall–Kier alpha value is -2.82. The Labute approximate surface area is 154 Å². The summed E-state index contributed by atoms with van der Waals surface area (Å²) in [5.74, 6) is 0.456. The molecule has 2 aromatic rings. The first-order valence-electron chi connectivity index (χ1n) is 8.63. The van der Waals surface area contributed by atoms with Crippen molar-refractivity contribution in [3.63, 3.8) is 0 Å². The van der Waals surface area contributed by atoms with E-state index in [2.05, 4.69) is 10.6 Å². The quantitative estimate of drug-likeness (QED) is 0.829. The van der Waals surface area contributed by atoms with Gasteiger partial charge >= 0.3 is 0 Å². The van der Waals surface area contributed by atoms with E-state index < -0.39 is 0 Å². The van der Waals surface area contributed by atoms with Crippen molar-refractivity contribution in [1.82, 2.24) is 5.32 Å². The lowest BCUT2D eigenvalue weighted by molar-refractivity contribution is -0.116. The highest BCUT2D eigenvalue weighted by molar-refractivity contribution is 6.04. The topological polar surface area (TPSA) is 67.4 Å². The highest BCUT2D eigenvalue weighted by atomic mass is 16.5. The molecule has 26 heavy (non-hydrogen) atoms. The van der Waals surface area contributed by atoms with Gasteiger partial charge in [0.15, 0.2) is 0 Å². The highest BCUT2D eigenvalue weighted by Gasteiger charge is 2.18. The molecule has 0 aliphatic rings. The lowest BCUT2D eigenvalue weighted by atomic mass is 10.1. The number of hydrogen-bond donors (Lipinski definition) is 2. The molecule has 5 heteroatoms. The molecule has 0 fully saturated rings. The van der Waals surface area contributed by atoms with Crippen LogP contribution in [-0.2, 0) is 11.2 Å². The lowest BCUT2D eigenvalue weighted by Crippen LogP contribution is -2.40. The first kappa shape index (κ1) is 19.5. The van der Waals surface area contributed by atoms with E-state index in [4.69, 9.17) is 4.74 Å². The Kier molecular flexibility index (Phi) is 6.39. The van der Waals surface area contributed by atoms with Crippen LogP contribution in [0.15, 0.2) is 48.5 Å². The fourth-order valence-electron chi connectivity index (χ4n) is 2.46. The number of nitrogens with one attached hydrogen (secondary N) is 2. The van der Waals surface area contributed by atoms with Crippen LogP contribution in [0.4, 0.5) is 5.69 Å². The summed E-state index contributed by atoms with van der Waals surface area (Å²) in [4.78, 5) is 24.7. The van der Waals surface area contributed by atoms with Crippen LogP contribution in [0.3, 0.4) is 0 Å². The Bertz CT molecular complexity index is 762. The van der Waals surface area contributed by atoms with Crippen LogP contribution in [0.1, 0.15) is 43.1 Å². The van der Waals surface area contributed by atoms with Crippen molar-refractivity contribution in [3.05, 3.63) is 59.7 Å².